The lowest BCUT2D eigenvalue weighted by Crippen LogP contribution is -2.67. The third-order valence-electron chi connectivity index (χ3n) is 4.51. The normalized spacial score (nSPS) is 33.6. The van der Waals surface area contributed by atoms with Gasteiger partial charge in [0.2, 0.25) is 0 Å². The molecule has 98 valence electrons. The van der Waals surface area contributed by atoms with Crippen LogP contribution in [0.15, 0.2) is 18.2 Å². The van der Waals surface area contributed by atoms with Crippen LogP contribution in [0.3, 0.4) is 0 Å². The van der Waals surface area contributed by atoms with Gasteiger partial charge in [0.15, 0.2) is 0 Å². The highest BCUT2D eigenvalue weighted by atomic mass is 35.5. The van der Waals surface area contributed by atoms with Crippen molar-refractivity contribution in [3.63, 3.8) is 0 Å². The van der Waals surface area contributed by atoms with Crippen molar-refractivity contribution in [2.75, 3.05) is 7.11 Å². The molecule has 1 aromatic carbocycles. The van der Waals surface area contributed by atoms with Crippen LogP contribution in [0, 0.1) is 0 Å². The molecule has 1 aromatic rings. The Bertz CT molecular complexity index is 495. The zero-order valence-corrected chi connectivity index (χ0v) is 10.6. The van der Waals surface area contributed by atoms with E-state index >= 15 is 0 Å². The Morgan fingerprint density at radius 2 is 1.83 bits per heavy atom. The fraction of sp³-hybridized carbons (Fsp3) is 0.500. The van der Waals surface area contributed by atoms with Gasteiger partial charge in [0.25, 0.3) is 0 Å². The molecule has 0 unspecified atom stereocenters. The first kappa shape index (κ1) is 12.2. The van der Waals surface area contributed by atoms with Crippen LogP contribution in [0.4, 0.5) is 12.9 Å². The highest BCUT2D eigenvalue weighted by molar-refractivity contribution is 6.63. The summed E-state index contributed by atoms with van der Waals surface area (Å²) < 4.78 is 43.6. The molecule has 18 heavy (non-hydrogen) atoms. The van der Waals surface area contributed by atoms with Gasteiger partial charge in [0.05, 0.1) is 7.11 Å². The lowest BCUT2D eigenvalue weighted by molar-refractivity contribution is -0.0400. The summed E-state index contributed by atoms with van der Waals surface area (Å²) >= 11 is 6.13. The van der Waals surface area contributed by atoms with Crippen molar-refractivity contribution >= 4 is 18.6 Å². The Balaban J connectivity index is 1.85. The topological polar surface area (TPSA) is 9.23 Å². The molecule has 0 heterocycles. The zero-order valence-electron chi connectivity index (χ0n) is 9.85. The number of hydrogen-bond acceptors (Lipinski definition) is 1. The number of rotatable bonds is 3. The van der Waals surface area contributed by atoms with E-state index in [-0.39, 0.29) is 24.7 Å². The quantitative estimate of drug-likeness (QED) is 0.744. The summed E-state index contributed by atoms with van der Waals surface area (Å²) in [5, 5.41) is -0.860. The summed E-state index contributed by atoms with van der Waals surface area (Å²) in [6.45, 7) is -4.72. The predicted octanol–water partition coefficient (Wildman–Crippen LogP) is 4.37. The third kappa shape index (κ3) is 1.37. The minimum atomic E-state index is -4.72. The summed E-state index contributed by atoms with van der Waals surface area (Å²) in [7, 11) is 1.54. The SMILES string of the molecule is COc1ccc(C23CC([B-](F)(F)F)(C2)C3)c(Cl)c1. The summed E-state index contributed by atoms with van der Waals surface area (Å²) in [5.74, 6) is 0.630. The summed E-state index contributed by atoms with van der Waals surface area (Å²) in [6.07, 6.45) is 0.612. The van der Waals surface area contributed by atoms with E-state index in [0.29, 0.717) is 10.8 Å². The molecule has 0 N–H and O–H groups in total. The van der Waals surface area contributed by atoms with E-state index in [1.165, 1.54) is 7.11 Å². The maximum atomic E-state index is 12.8. The van der Waals surface area contributed by atoms with E-state index in [1.54, 1.807) is 18.2 Å². The number of halogens is 4. The molecule has 3 fully saturated rings. The monoisotopic (exact) mass is 275 g/mol. The Morgan fingerprint density at radius 3 is 2.28 bits per heavy atom. The first-order chi connectivity index (χ1) is 8.32. The third-order valence-corrected chi connectivity index (χ3v) is 4.83. The molecule has 0 aliphatic heterocycles. The van der Waals surface area contributed by atoms with Gasteiger partial charge in [-0.15, -0.1) is 0 Å². The lowest BCUT2D eigenvalue weighted by atomic mass is 9.23. The van der Waals surface area contributed by atoms with Crippen LogP contribution in [0.25, 0.3) is 0 Å². The van der Waals surface area contributed by atoms with Crippen LogP contribution >= 0.6 is 11.6 Å². The number of methoxy groups -OCH3 is 1. The van der Waals surface area contributed by atoms with Gasteiger partial charge in [-0.2, -0.15) is 0 Å². The lowest BCUT2D eigenvalue weighted by Gasteiger charge is -2.75. The van der Waals surface area contributed by atoms with Crippen LogP contribution in [0.5, 0.6) is 5.75 Å². The molecule has 6 heteroatoms. The number of ether oxygens (including phenoxy) is 1. The van der Waals surface area contributed by atoms with Gasteiger partial charge in [-0.05, 0) is 23.1 Å². The van der Waals surface area contributed by atoms with Crippen molar-refractivity contribution in [3.8, 4) is 5.75 Å². The van der Waals surface area contributed by atoms with Crippen LogP contribution in [0.1, 0.15) is 24.8 Å². The largest absolute Gasteiger partial charge is 0.497 e. The fourth-order valence-electron chi connectivity index (χ4n) is 3.55. The first-order valence-corrected chi connectivity index (χ1v) is 6.23. The van der Waals surface area contributed by atoms with Gasteiger partial charge < -0.3 is 17.7 Å². The maximum Gasteiger partial charge on any atom is 0.484 e. The Hall–Kier alpha value is -0.835. The van der Waals surface area contributed by atoms with Gasteiger partial charge in [0.1, 0.15) is 5.75 Å². The molecule has 0 amide bonds. The highest BCUT2D eigenvalue weighted by Gasteiger charge is 2.74. The Morgan fingerprint density at radius 1 is 1.22 bits per heavy atom. The molecule has 0 spiro atoms. The van der Waals surface area contributed by atoms with Crippen molar-refractivity contribution < 1.29 is 17.7 Å². The summed E-state index contributed by atoms with van der Waals surface area (Å²) in [4.78, 5) is 0. The van der Waals surface area contributed by atoms with Crippen molar-refractivity contribution in [3.05, 3.63) is 28.8 Å². The van der Waals surface area contributed by atoms with E-state index in [2.05, 4.69) is 0 Å². The molecular formula is C12H12BClF3O-. The van der Waals surface area contributed by atoms with Crippen molar-refractivity contribution in [1.82, 2.24) is 0 Å². The zero-order chi connectivity index (χ0) is 13.2. The van der Waals surface area contributed by atoms with Crippen LogP contribution in [-0.2, 0) is 5.41 Å². The van der Waals surface area contributed by atoms with Crippen LogP contribution in [0.2, 0.25) is 10.3 Å². The van der Waals surface area contributed by atoms with Crippen molar-refractivity contribution in [2.45, 2.75) is 30.0 Å². The second-order valence-corrected chi connectivity index (χ2v) is 6.00. The molecule has 3 saturated carbocycles. The van der Waals surface area contributed by atoms with Gasteiger partial charge in [-0.3, -0.25) is 0 Å². The molecule has 1 nitrogen and oxygen atoms in total. The average molecular weight is 275 g/mol. The molecule has 3 aliphatic carbocycles. The molecule has 2 bridgehead atoms. The van der Waals surface area contributed by atoms with Gasteiger partial charge in [0, 0.05) is 5.02 Å². The second kappa shape index (κ2) is 3.38. The molecular weight excluding hydrogens is 263 g/mol. The van der Waals surface area contributed by atoms with Crippen molar-refractivity contribution in [1.29, 1.82) is 0 Å². The second-order valence-electron chi connectivity index (χ2n) is 5.59. The van der Waals surface area contributed by atoms with Gasteiger partial charge >= 0.3 is 6.98 Å². The molecule has 0 atom stereocenters. The summed E-state index contributed by atoms with van der Waals surface area (Å²) in [6, 6.07) is 5.23. The molecule has 3 aliphatic rings. The van der Waals surface area contributed by atoms with E-state index in [1.807, 2.05) is 0 Å². The summed E-state index contributed by atoms with van der Waals surface area (Å²) in [5.41, 5.74) is 0.507. The Labute approximate surface area is 108 Å². The van der Waals surface area contributed by atoms with E-state index in [4.69, 9.17) is 16.3 Å². The average Bonchev–Trinajstić information content (AvgIpc) is 2.14. The van der Waals surface area contributed by atoms with Crippen molar-refractivity contribution in [2.24, 2.45) is 0 Å². The van der Waals surface area contributed by atoms with E-state index in [9.17, 15) is 12.9 Å². The fourth-order valence-corrected chi connectivity index (χ4v) is 3.92. The molecule has 0 saturated heterocycles. The van der Waals surface area contributed by atoms with Gasteiger partial charge in [-0.25, -0.2) is 0 Å². The smallest absolute Gasteiger partial charge is 0.484 e. The standard InChI is InChI=1S/C12H12BClF3O/c1-18-8-2-3-9(10(14)4-8)11-5-12(6-11,7-11)13(15,16)17/h2-4H,5-7H2,1H3/q-1. The minimum absolute atomic E-state index is 0.204. The molecule has 4 rings (SSSR count). The highest BCUT2D eigenvalue weighted by Crippen LogP contribution is 2.82. The van der Waals surface area contributed by atoms with Crippen LogP contribution in [-0.4, -0.2) is 14.1 Å². The predicted molar refractivity (Wildman–Crippen MR) is 65.3 cm³/mol. The van der Waals surface area contributed by atoms with E-state index in [0.717, 1.165) is 5.56 Å². The number of benzene rings is 1. The maximum absolute atomic E-state index is 12.8. The molecule has 0 radical (unpaired) electrons. The van der Waals surface area contributed by atoms with Gasteiger partial charge in [-0.1, -0.05) is 42.2 Å². The molecule has 0 aromatic heterocycles. The minimum Gasteiger partial charge on any atom is -0.497 e. The first-order valence-electron chi connectivity index (χ1n) is 5.85. The Kier molecular flexibility index (Phi) is 2.29. The number of hydrogen-bond donors (Lipinski definition) is 0. The van der Waals surface area contributed by atoms with E-state index < -0.39 is 12.3 Å². The van der Waals surface area contributed by atoms with Crippen LogP contribution < -0.4 is 4.74 Å².